The number of halogens is 1. The van der Waals surface area contributed by atoms with Crippen LogP contribution in [0.2, 0.25) is 0 Å². The Morgan fingerprint density at radius 3 is 2.50 bits per heavy atom. The third-order valence-electron chi connectivity index (χ3n) is 5.05. The molecule has 170 valence electrons. The first kappa shape index (κ1) is 23.2. The number of ether oxygens (including phenoxy) is 1. The van der Waals surface area contributed by atoms with Gasteiger partial charge in [0.25, 0.3) is 5.91 Å². The van der Waals surface area contributed by atoms with Crippen molar-refractivity contribution >= 4 is 17.6 Å². The van der Waals surface area contributed by atoms with Gasteiger partial charge in [-0.15, -0.1) is 0 Å². The Balaban J connectivity index is 1.91. The number of hydrazone groups is 1. The minimum absolute atomic E-state index is 0.179. The van der Waals surface area contributed by atoms with Gasteiger partial charge >= 0.3 is 6.03 Å². The van der Waals surface area contributed by atoms with Crippen molar-refractivity contribution in [2.75, 3.05) is 20.7 Å². The summed E-state index contributed by atoms with van der Waals surface area (Å²) in [6, 6.07) is 12.9. The van der Waals surface area contributed by atoms with Gasteiger partial charge in [-0.2, -0.15) is 5.10 Å². The molecule has 0 radical (unpaired) electrons. The summed E-state index contributed by atoms with van der Waals surface area (Å²) in [4.78, 5) is 27.0. The second-order valence-corrected chi connectivity index (χ2v) is 8.76. The van der Waals surface area contributed by atoms with Gasteiger partial charge in [-0.3, -0.25) is 4.79 Å². The van der Waals surface area contributed by atoms with E-state index in [1.54, 1.807) is 32.4 Å². The first-order valence-corrected chi connectivity index (χ1v) is 10.4. The average molecular weight is 441 g/mol. The van der Waals surface area contributed by atoms with E-state index in [4.69, 9.17) is 4.74 Å². The Hall–Kier alpha value is -3.42. The molecule has 3 amide bonds. The van der Waals surface area contributed by atoms with Crippen LogP contribution in [0.3, 0.4) is 0 Å². The molecule has 0 spiro atoms. The molecule has 0 unspecified atom stereocenters. The van der Waals surface area contributed by atoms with E-state index in [1.807, 2.05) is 45.0 Å². The molecule has 32 heavy (non-hydrogen) atoms. The molecule has 0 saturated heterocycles. The molecule has 0 fully saturated rings. The average Bonchev–Trinajstić information content (AvgIpc) is 3.18. The number of hydrogen-bond donors (Lipinski definition) is 1. The summed E-state index contributed by atoms with van der Waals surface area (Å²) in [5.41, 5.74) is 1.15. The molecule has 7 nitrogen and oxygen atoms in total. The number of hydrogen-bond acceptors (Lipinski definition) is 4. The summed E-state index contributed by atoms with van der Waals surface area (Å²) in [6.07, 6.45) is 0.324. The standard InChI is InChI=1S/C24H29FN4O3/c1-24(2,3)26-23(31)28(4)15-22(30)29-20(17-11-7-9-13-21(17)32-5)14-19(27-29)16-10-6-8-12-18(16)25/h6-13,20H,14-15H2,1-5H3,(H,26,31)/t20-/m0/s1. The molecular weight excluding hydrogens is 411 g/mol. The third-order valence-corrected chi connectivity index (χ3v) is 5.05. The Morgan fingerprint density at radius 2 is 1.84 bits per heavy atom. The van der Waals surface area contributed by atoms with Crippen molar-refractivity contribution in [1.29, 1.82) is 0 Å². The molecule has 1 aliphatic rings. The Kier molecular flexibility index (Phi) is 6.81. The number of rotatable bonds is 5. The summed E-state index contributed by atoms with van der Waals surface area (Å²) >= 11 is 0. The second-order valence-electron chi connectivity index (χ2n) is 8.76. The van der Waals surface area contributed by atoms with Gasteiger partial charge in [0.15, 0.2) is 0 Å². The van der Waals surface area contributed by atoms with Crippen molar-refractivity contribution in [2.24, 2.45) is 5.10 Å². The number of para-hydroxylation sites is 1. The number of nitrogens with one attached hydrogen (secondary N) is 1. The number of methoxy groups -OCH3 is 1. The van der Waals surface area contributed by atoms with Crippen LogP contribution in [-0.4, -0.2) is 53.8 Å². The highest BCUT2D eigenvalue weighted by atomic mass is 19.1. The molecule has 8 heteroatoms. The normalized spacial score (nSPS) is 15.9. The van der Waals surface area contributed by atoms with E-state index >= 15 is 0 Å². The van der Waals surface area contributed by atoms with E-state index in [2.05, 4.69) is 10.4 Å². The molecule has 1 N–H and O–H groups in total. The van der Waals surface area contributed by atoms with Crippen LogP contribution >= 0.6 is 0 Å². The Morgan fingerprint density at radius 1 is 1.19 bits per heavy atom. The van der Waals surface area contributed by atoms with Crippen molar-refractivity contribution in [3.8, 4) is 5.75 Å². The molecule has 2 aromatic carbocycles. The van der Waals surface area contributed by atoms with Crippen molar-refractivity contribution < 1.29 is 18.7 Å². The molecule has 3 rings (SSSR count). The van der Waals surface area contributed by atoms with Gasteiger partial charge in [0, 0.05) is 30.1 Å². The summed E-state index contributed by atoms with van der Waals surface area (Å²) < 4.78 is 19.9. The largest absolute Gasteiger partial charge is 0.496 e. The molecule has 1 heterocycles. The van der Waals surface area contributed by atoms with Crippen LogP contribution in [0.1, 0.15) is 44.4 Å². The van der Waals surface area contributed by atoms with Gasteiger partial charge in [0.05, 0.1) is 18.9 Å². The fourth-order valence-electron chi connectivity index (χ4n) is 3.55. The molecule has 2 aromatic rings. The van der Waals surface area contributed by atoms with Crippen molar-refractivity contribution in [3.63, 3.8) is 0 Å². The van der Waals surface area contributed by atoms with Gasteiger partial charge in [0.1, 0.15) is 18.1 Å². The quantitative estimate of drug-likeness (QED) is 0.765. The van der Waals surface area contributed by atoms with Crippen LogP contribution in [0.4, 0.5) is 9.18 Å². The van der Waals surface area contributed by atoms with Gasteiger partial charge in [-0.1, -0.05) is 36.4 Å². The third kappa shape index (κ3) is 5.25. The monoisotopic (exact) mass is 440 g/mol. The van der Waals surface area contributed by atoms with Crippen molar-refractivity contribution in [3.05, 3.63) is 65.5 Å². The van der Waals surface area contributed by atoms with Gasteiger partial charge in [0.2, 0.25) is 0 Å². The lowest BCUT2D eigenvalue weighted by Gasteiger charge is -2.28. The summed E-state index contributed by atoms with van der Waals surface area (Å²) in [6.45, 7) is 5.42. The number of nitrogens with zero attached hydrogens (tertiary/aromatic N) is 3. The highest BCUT2D eigenvalue weighted by Crippen LogP contribution is 2.37. The zero-order valence-electron chi connectivity index (χ0n) is 19.1. The molecule has 1 atom stereocenters. The molecular formula is C24H29FN4O3. The van der Waals surface area contributed by atoms with Gasteiger partial charge in [-0.05, 0) is 32.9 Å². The predicted molar refractivity (Wildman–Crippen MR) is 121 cm³/mol. The maximum Gasteiger partial charge on any atom is 0.318 e. The molecule has 0 saturated carbocycles. The Bertz CT molecular complexity index is 1030. The van der Waals surface area contributed by atoms with E-state index in [0.717, 1.165) is 5.56 Å². The van der Waals surface area contributed by atoms with Crippen molar-refractivity contribution in [2.45, 2.75) is 38.8 Å². The van der Waals surface area contributed by atoms with Crippen LogP contribution in [0.15, 0.2) is 53.6 Å². The highest BCUT2D eigenvalue weighted by Gasteiger charge is 2.36. The fourth-order valence-corrected chi connectivity index (χ4v) is 3.55. The lowest BCUT2D eigenvalue weighted by atomic mass is 9.97. The zero-order valence-corrected chi connectivity index (χ0v) is 19.1. The van der Waals surface area contributed by atoms with Crippen LogP contribution in [0.25, 0.3) is 0 Å². The fraction of sp³-hybridized carbons (Fsp3) is 0.375. The van der Waals surface area contributed by atoms with E-state index < -0.39 is 17.4 Å². The predicted octanol–water partition coefficient (Wildman–Crippen LogP) is 3.95. The lowest BCUT2D eigenvalue weighted by molar-refractivity contribution is -0.133. The van der Waals surface area contributed by atoms with Crippen LogP contribution in [-0.2, 0) is 4.79 Å². The van der Waals surface area contributed by atoms with Crippen LogP contribution < -0.4 is 10.1 Å². The smallest absolute Gasteiger partial charge is 0.318 e. The zero-order chi connectivity index (χ0) is 23.5. The SMILES string of the molecule is COc1ccccc1[C@@H]1CC(c2ccccc2F)=NN1C(=O)CN(C)C(=O)NC(C)(C)C. The number of urea groups is 1. The Labute approximate surface area is 187 Å². The molecule has 0 bridgehead atoms. The van der Waals surface area contributed by atoms with Crippen LogP contribution in [0, 0.1) is 5.82 Å². The molecule has 0 aromatic heterocycles. The topological polar surface area (TPSA) is 74.2 Å². The van der Waals surface area contributed by atoms with Gasteiger partial charge in [-0.25, -0.2) is 14.2 Å². The number of carbonyl (C=O) groups is 2. The van der Waals surface area contributed by atoms with E-state index in [-0.39, 0.29) is 18.5 Å². The van der Waals surface area contributed by atoms with Gasteiger partial charge < -0.3 is 15.0 Å². The minimum atomic E-state index is -0.479. The minimum Gasteiger partial charge on any atom is -0.496 e. The van der Waals surface area contributed by atoms with Crippen LogP contribution in [0.5, 0.6) is 5.75 Å². The first-order chi connectivity index (χ1) is 15.1. The first-order valence-electron chi connectivity index (χ1n) is 10.4. The summed E-state index contributed by atoms with van der Waals surface area (Å²) in [5, 5.41) is 8.65. The number of likely N-dealkylation sites (N-methyl/N-ethyl adjacent to an activating group) is 1. The summed E-state index contributed by atoms with van der Waals surface area (Å²) in [5.74, 6) is -0.168. The number of carbonyl (C=O) groups excluding carboxylic acids is 2. The van der Waals surface area contributed by atoms with E-state index in [9.17, 15) is 14.0 Å². The number of benzene rings is 2. The maximum absolute atomic E-state index is 14.4. The summed E-state index contributed by atoms with van der Waals surface area (Å²) in [7, 11) is 3.11. The van der Waals surface area contributed by atoms with E-state index in [1.165, 1.54) is 16.0 Å². The lowest BCUT2D eigenvalue weighted by Crippen LogP contribution is -2.49. The van der Waals surface area contributed by atoms with Crippen molar-refractivity contribution in [1.82, 2.24) is 15.2 Å². The maximum atomic E-state index is 14.4. The van der Waals surface area contributed by atoms with E-state index in [0.29, 0.717) is 23.4 Å². The highest BCUT2D eigenvalue weighted by molar-refractivity contribution is 6.03. The molecule has 0 aliphatic carbocycles. The number of amides is 3. The second kappa shape index (κ2) is 9.38. The molecule has 1 aliphatic heterocycles.